The number of benzene rings is 1. The summed E-state index contributed by atoms with van der Waals surface area (Å²) in [5.41, 5.74) is 0.121. The molecule has 0 amide bonds. The first-order valence-electron chi connectivity index (χ1n) is 7.63. The summed E-state index contributed by atoms with van der Waals surface area (Å²) in [6, 6.07) is 9.89. The molecule has 1 aromatic heterocycles. The van der Waals surface area contributed by atoms with Crippen molar-refractivity contribution in [2.75, 3.05) is 19.6 Å². The van der Waals surface area contributed by atoms with Crippen LogP contribution in [0.4, 0.5) is 13.2 Å². The summed E-state index contributed by atoms with van der Waals surface area (Å²) in [5.74, 6) is 0. The van der Waals surface area contributed by atoms with Crippen LogP contribution in [0.3, 0.4) is 0 Å². The number of nitrogens with one attached hydrogen (secondary N) is 1. The molecule has 0 radical (unpaired) electrons. The highest BCUT2D eigenvalue weighted by Gasteiger charge is 2.33. The number of hydrogen-bond donors (Lipinski definition) is 1. The fraction of sp³-hybridized carbons (Fsp3) is 0.412. The van der Waals surface area contributed by atoms with E-state index in [0.717, 1.165) is 30.6 Å². The van der Waals surface area contributed by atoms with E-state index in [1.54, 1.807) is 17.4 Å². The van der Waals surface area contributed by atoms with E-state index >= 15 is 0 Å². The molecule has 2 atom stereocenters. The van der Waals surface area contributed by atoms with E-state index in [1.807, 2.05) is 17.5 Å². The van der Waals surface area contributed by atoms with Crippen molar-refractivity contribution >= 4 is 11.3 Å². The molecule has 1 aliphatic heterocycles. The third-order valence-corrected chi connectivity index (χ3v) is 5.03. The van der Waals surface area contributed by atoms with Gasteiger partial charge in [-0.25, -0.2) is 0 Å². The van der Waals surface area contributed by atoms with Gasteiger partial charge in [0.1, 0.15) is 0 Å². The van der Waals surface area contributed by atoms with E-state index in [4.69, 9.17) is 0 Å². The topological polar surface area (TPSA) is 15.3 Å². The SMILES string of the molecule is CC1CN([C@H](c2cccc(C(F)(F)F)c2)c2cccs2)CCN1. The molecular weight excluding hydrogens is 321 g/mol. The Bertz CT molecular complexity index is 640. The molecule has 2 nitrogen and oxygen atoms in total. The molecule has 2 aromatic rings. The van der Waals surface area contributed by atoms with Crippen molar-refractivity contribution in [2.45, 2.75) is 25.2 Å². The Morgan fingerprint density at radius 2 is 2.09 bits per heavy atom. The molecule has 0 saturated carbocycles. The van der Waals surface area contributed by atoms with E-state index in [0.29, 0.717) is 11.6 Å². The molecule has 0 aliphatic carbocycles. The lowest BCUT2D eigenvalue weighted by Crippen LogP contribution is -2.50. The molecule has 1 fully saturated rings. The average Bonchev–Trinajstić information content (AvgIpc) is 3.01. The van der Waals surface area contributed by atoms with Crippen molar-refractivity contribution in [3.8, 4) is 0 Å². The van der Waals surface area contributed by atoms with E-state index < -0.39 is 11.7 Å². The molecule has 124 valence electrons. The maximum atomic E-state index is 13.1. The van der Waals surface area contributed by atoms with Gasteiger partial charge >= 0.3 is 6.18 Å². The van der Waals surface area contributed by atoms with Crippen LogP contribution in [-0.2, 0) is 6.18 Å². The van der Waals surface area contributed by atoms with Gasteiger partial charge in [-0.3, -0.25) is 4.90 Å². The Morgan fingerprint density at radius 3 is 2.74 bits per heavy atom. The van der Waals surface area contributed by atoms with Gasteiger partial charge in [0.05, 0.1) is 11.6 Å². The van der Waals surface area contributed by atoms with Crippen LogP contribution in [0.2, 0.25) is 0 Å². The van der Waals surface area contributed by atoms with Crippen LogP contribution in [0.5, 0.6) is 0 Å². The van der Waals surface area contributed by atoms with Crippen molar-refractivity contribution in [2.24, 2.45) is 0 Å². The van der Waals surface area contributed by atoms with E-state index in [1.165, 1.54) is 12.1 Å². The molecule has 23 heavy (non-hydrogen) atoms. The third kappa shape index (κ3) is 3.76. The minimum Gasteiger partial charge on any atom is -0.312 e. The first kappa shape index (κ1) is 16.5. The molecule has 2 heterocycles. The lowest BCUT2D eigenvalue weighted by atomic mass is 9.99. The quantitative estimate of drug-likeness (QED) is 0.903. The maximum absolute atomic E-state index is 13.1. The number of nitrogens with zero attached hydrogens (tertiary/aromatic N) is 1. The summed E-state index contributed by atoms with van der Waals surface area (Å²) in [6.45, 7) is 4.59. The van der Waals surface area contributed by atoms with Gasteiger partial charge in [0.15, 0.2) is 0 Å². The van der Waals surface area contributed by atoms with Crippen LogP contribution in [0.15, 0.2) is 41.8 Å². The molecule has 0 bridgehead atoms. The van der Waals surface area contributed by atoms with E-state index in [-0.39, 0.29) is 6.04 Å². The maximum Gasteiger partial charge on any atom is 0.416 e. The molecule has 6 heteroatoms. The van der Waals surface area contributed by atoms with Crippen molar-refractivity contribution in [1.82, 2.24) is 10.2 Å². The molecule has 1 aliphatic rings. The Hall–Kier alpha value is -1.37. The smallest absolute Gasteiger partial charge is 0.312 e. The minimum atomic E-state index is -4.31. The fourth-order valence-corrected chi connectivity index (χ4v) is 3.97. The zero-order valence-electron chi connectivity index (χ0n) is 12.8. The second-order valence-electron chi connectivity index (χ2n) is 5.89. The largest absolute Gasteiger partial charge is 0.416 e. The van der Waals surface area contributed by atoms with Gasteiger partial charge < -0.3 is 5.32 Å². The van der Waals surface area contributed by atoms with Crippen LogP contribution in [-0.4, -0.2) is 30.6 Å². The first-order valence-corrected chi connectivity index (χ1v) is 8.51. The molecule has 1 N–H and O–H groups in total. The van der Waals surface area contributed by atoms with E-state index in [2.05, 4.69) is 17.1 Å². The Morgan fingerprint density at radius 1 is 1.26 bits per heavy atom. The summed E-state index contributed by atoms with van der Waals surface area (Å²) >= 11 is 1.59. The Balaban J connectivity index is 1.99. The number of hydrogen-bond acceptors (Lipinski definition) is 3. The predicted octanol–water partition coefficient (Wildman–Crippen LogP) is 4.15. The summed E-state index contributed by atoms with van der Waals surface area (Å²) in [7, 11) is 0. The minimum absolute atomic E-state index is 0.123. The lowest BCUT2D eigenvalue weighted by molar-refractivity contribution is -0.137. The molecule has 3 rings (SSSR count). The summed E-state index contributed by atoms with van der Waals surface area (Å²) in [6.07, 6.45) is -4.31. The number of rotatable bonds is 3. The van der Waals surface area contributed by atoms with Gasteiger partial charge in [-0.15, -0.1) is 11.3 Å². The number of alkyl halides is 3. The summed E-state index contributed by atoms with van der Waals surface area (Å²) in [4.78, 5) is 3.35. The molecule has 0 spiro atoms. The monoisotopic (exact) mass is 340 g/mol. The second kappa shape index (κ2) is 6.63. The zero-order valence-corrected chi connectivity index (χ0v) is 13.6. The van der Waals surface area contributed by atoms with Gasteiger partial charge in [-0.2, -0.15) is 13.2 Å². The second-order valence-corrected chi connectivity index (χ2v) is 6.87. The molecular formula is C17H19F3N2S. The van der Waals surface area contributed by atoms with Gasteiger partial charge in [-0.1, -0.05) is 18.2 Å². The number of halogens is 3. The Labute approximate surface area is 137 Å². The summed E-state index contributed by atoms with van der Waals surface area (Å²) in [5, 5.41) is 5.35. The molecule has 1 aromatic carbocycles. The Kier molecular flexibility index (Phi) is 4.75. The van der Waals surface area contributed by atoms with Crippen molar-refractivity contribution < 1.29 is 13.2 Å². The normalized spacial score (nSPS) is 21.3. The van der Waals surface area contributed by atoms with Crippen molar-refractivity contribution in [3.05, 3.63) is 57.8 Å². The van der Waals surface area contributed by atoms with Gasteiger partial charge in [-0.05, 0) is 36.1 Å². The first-order chi connectivity index (χ1) is 10.9. The van der Waals surface area contributed by atoms with Crippen LogP contribution in [0.25, 0.3) is 0 Å². The van der Waals surface area contributed by atoms with E-state index in [9.17, 15) is 13.2 Å². The van der Waals surface area contributed by atoms with Gasteiger partial charge in [0.2, 0.25) is 0 Å². The summed E-state index contributed by atoms with van der Waals surface area (Å²) < 4.78 is 39.2. The molecule has 1 saturated heterocycles. The van der Waals surface area contributed by atoms with Crippen LogP contribution in [0, 0.1) is 0 Å². The predicted molar refractivity (Wildman–Crippen MR) is 86.6 cm³/mol. The standard InChI is InChI=1S/C17H19F3N2S/c1-12-11-22(8-7-21-12)16(15-6-3-9-23-15)13-4-2-5-14(10-13)17(18,19)20/h2-6,9-10,12,16,21H,7-8,11H2,1H3/t12?,16-/m1/s1. The zero-order chi connectivity index (χ0) is 16.4. The highest BCUT2D eigenvalue weighted by Crippen LogP contribution is 2.36. The highest BCUT2D eigenvalue weighted by atomic mass is 32.1. The average molecular weight is 340 g/mol. The van der Waals surface area contributed by atoms with Gasteiger partial charge in [0.25, 0.3) is 0 Å². The fourth-order valence-electron chi connectivity index (χ4n) is 3.08. The van der Waals surface area contributed by atoms with Crippen LogP contribution < -0.4 is 5.32 Å². The number of piperazine rings is 1. The third-order valence-electron chi connectivity index (χ3n) is 4.11. The number of thiophene rings is 1. The van der Waals surface area contributed by atoms with Crippen LogP contribution >= 0.6 is 11.3 Å². The van der Waals surface area contributed by atoms with Crippen molar-refractivity contribution in [3.63, 3.8) is 0 Å². The van der Waals surface area contributed by atoms with Crippen molar-refractivity contribution in [1.29, 1.82) is 0 Å². The highest BCUT2D eigenvalue weighted by molar-refractivity contribution is 7.10. The van der Waals surface area contributed by atoms with Crippen LogP contribution in [0.1, 0.15) is 29.0 Å². The lowest BCUT2D eigenvalue weighted by Gasteiger charge is -2.38. The molecule has 1 unspecified atom stereocenters. The van der Waals surface area contributed by atoms with Gasteiger partial charge in [0, 0.05) is 30.6 Å².